The molecule has 1 atom stereocenters. The number of nitrogens with zero attached hydrogens (tertiary/aromatic N) is 3. The Balaban J connectivity index is 2.33. The number of aromatic nitrogens is 3. The fraction of sp³-hybridized carbons (Fsp3) is 0.467. The minimum atomic E-state index is 0.176. The van der Waals surface area contributed by atoms with Gasteiger partial charge in [-0.1, -0.05) is 17.7 Å². The molecule has 0 saturated carbocycles. The molecule has 0 aliphatic heterocycles. The molecule has 108 valence electrons. The number of pyridine rings is 1. The average molecular weight is 293 g/mol. The molecule has 0 aromatic carbocycles. The predicted molar refractivity (Wildman–Crippen MR) is 82.2 cm³/mol. The fourth-order valence-corrected chi connectivity index (χ4v) is 2.77. The third-order valence-corrected chi connectivity index (χ3v) is 4.14. The molecular formula is C15H21ClN4. The molecule has 0 spiro atoms. The number of likely N-dealkylation sites (N-methyl/N-ethyl adjacent to an activating group) is 1. The Bertz CT molecular complexity index is 619. The Kier molecular flexibility index (Phi) is 4.45. The molecule has 0 radical (unpaired) electrons. The van der Waals surface area contributed by atoms with E-state index in [9.17, 15) is 0 Å². The second-order valence-electron chi connectivity index (χ2n) is 5.14. The minimum absolute atomic E-state index is 0.176. The average Bonchev–Trinajstić information content (AvgIpc) is 2.62. The summed E-state index contributed by atoms with van der Waals surface area (Å²) in [5, 5.41) is 8.48. The van der Waals surface area contributed by atoms with Gasteiger partial charge in [-0.15, -0.1) is 0 Å². The molecule has 1 unspecified atom stereocenters. The van der Waals surface area contributed by atoms with E-state index in [2.05, 4.69) is 21.5 Å². The molecule has 2 heterocycles. The lowest BCUT2D eigenvalue weighted by Gasteiger charge is -2.19. The number of hydrogen-bond acceptors (Lipinski definition) is 3. The van der Waals surface area contributed by atoms with E-state index >= 15 is 0 Å². The van der Waals surface area contributed by atoms with Crippen molar-refractivity contribution in [3.05, 3.63) is 45.5 Å². The molecule has 5 heteroatoms. The molecule has 0 aliphatic carbocycles. The third-order valence-electron chi connectivity index (χ3n) is 3.65. The van der Waals surface area contributed by atoms with E-state index in [0.717, 1.165) is 34.2 Å². The molecule has 1 N–H and O–H groups in total. The number of rotatable bonds is 4. The standard InChI is InChI=1S/C15H21ClN4/c1-9-6-7-12(10(2)18-9)13(17-4)8-14-15(16)11(3)19-20(14)5/h6-7,13,17H,8H2,1-5H3. The van der Waals surface area contributed by atoms with Crippen LogP contribution in [0.1, 0.15) is 34.4 Å². The topological polar surface area (TPSA) is 42.7 Å². The van der Waals surface area contributed by atoms with Gasteiger partial charge in [0.05, 0.1) is 16.4 Å². The SMILES string of the molecule is CNC(Cc1c(Cl)c(C)nn1C)c1ccc(C)nc1C. The smallest absolute Gasteiger partial charge is 0.0847 e. The first-order valence-corrected chi connectivity index (χ1v) is 7.11. The van der Waals surface area contributed by atoms with Gasteiger partial charge in [-0.3, -0.25) is 9.67 Å². The van der Waals surface area contributed by atoms with Crippen molar-refractivity contribution in [1.29, 1.82) is 0 Å². The Morgan fingerprint density at radius 3 is 2.45 bits per heavy atom. The van der Waals surface area contributed by atoms with Crippen LogP contribution in [-0.2, 0) is 13.5 Å². The molecule has 0 bridgehead atoms. The molecule has 20 heavy (non-hydrogen) atoms. The first kappa shape index (κ1) is 15.0. The van der Waals surface area contributed by atoms with Crippen molar-refractivity contribution >= 4 is 11.6 Å². The van der Waals surface area contributed by atoms with Gasteiger partial charge in [-0.2, -0.15) is 5.10 Å². The van der Waals surface area contributed by atoms with Crippen LogP contribution >= 0.6 is 11.6 Å². The van der Waals surface area contributed by atoms with E-state index in [-0.39, 0.29) is 6.04 Å². The van der Waals surface area contributed by atoms with Crippen LogP contribution in [0.2, 0.25) is 5.02 Å². The van der Waals surface area contributed by atoms with E-state index in [1.54, 1.807) is 0 Å². The summed E-state index contributed by atoms with van der Waals surface area (Å²) in [7, 11) is 3.89. The van der Waals surface area contributed by atoms with Gasteiger partial charge in [0, 0.05) is 30.9 Å². The zero-order valence-corrected chi connectivity index (χ0v) is 13.4. The Morgan fingerprint density at radius 1 is 1.25 bits per heavy atom. The van der Waals surface area contributed by atoms with Crippen molar-refractivity contribution in [2.75, 3.05) is 7.05 Å². The summed E-state index contributed by atoms with van der Waals surface area (Å²) in [4.78, 5) is 4.54. The van der Waals surface area contributed by atoms with Crippen molar-refractivity contribution in [3.8, 4) is 0 Å². The van der Waals surface area contributed by atoms with Crippen molar-refractivity contribution < 1.29 is 0 Å². The second-order valence-corrected chi connectivity index (χ2v) is 5.52. The van der Waals surface area contributed by atoms with Crippen molar-refractivity contribution in [2.45, 2.75) is 33.2 Å². The Morgan fingerprint density at radius 2 is 1.95 bits per heavy atom. The lowest BCUT2D eigenvalue weighted by Crippen LogP contribution is -2.21. The second kappa shape index (κ2) is 5.94. The van der Waals surface area contributed by atoms with Gasteiger partial charge in [0.15, 0.2) is 0 Å². The molecule has 0 saturated heterocycles. The van der Waals surface area contributed by atoms with Crippen LogP contribution in [0.4, 0.5) is 0 Å². The maximum Gasteiger partial charge on any atom is 0.0847 e. The highest BCUT2D eigenvalue weighted by atomic mass is 35.5. The summed E-state index contributed by atoms with van der Waals surface area (Å²) in [6.45, 7) is 5.98. The monoisotopic (exact) mass is 292 g/mol. The number of nitrogens with one attached hydrogen (secondary N) is 1. The fourth-order valence-electron chi connectivity index (χ4n) is 2.53. The molecule has 4 nitrogen and oxygen atoms in total. The van der Waals surface area contributed by atoms with Crippen LogP contribution < -0.4 is 5.32 Å². The lowest BCUT2D eigenvalue weighted by molar-refractivity contribution is 0.556. The van der Waals surface area contributed by atoms with Crippen molar-refractivity contribution in [2.24, 2.45) is 7.05 Å². The van der Waals surface area contributed by atoms with Crippen LogP contribution in [0.15, 0.2) is 12.1 Å². The van der Waals surface area contributed by atoms with E-state index < -0.39 is 0 Å². The van der Waals surface area contributed by atoms with E-state index in [0.29, 0.717) is 0 Å². The minimum Gasteiger partial charge on any atom is -0.313 e. The maximum atomic E-state index is 6.34. The van der Waals surface area contributed by atoms with Gasteiger partial charge < -0.3 is 5.32 Å². The summed E-state index contributed by atoms with van der Waals surface area (Å²) in [6, 6.07) is 4.36. The Hall–Kier alpha value is -1.39. The highest BCUT2D eigenvalue weighted by molar-refractivity contribution is 6.31. The van der Waals surface area contributed by atoms with Gasteiger partial charge in [-0.05, 0) is 39.4 Å². The van der Waals surface area contributed by atoms with Gasteiger partial charge in [0.2, 0.25) is 0 Å². The van der Waals surface area contributed by atoms with Gasteiger partial charge in [0.1, 0.15) is 0 Å². The Labute approximate surface area is 125 Å². The highest BCUT2D eigenvalue weighted by Crippen LogP contribution is 2.26. The van der Waals surface area contributed by atoms with Crippen molar-refractivity contribution in [3.63, 3.8) is 0 Å². The van der Waals surface area contributed by atoms with Gasteiger partial charge >= 0.3 is 0 Å². The van der Waals surface area contributed by atoms with Gasteiger partial charge in [-0.25, -0.2) is 0 Å². The molecule has 2 aromatic rings. The number of hydrogen-bond donors (Lipinski definition) is 1. The first-order valence-electron chi connectivity index (χ1n) is 6.73. The predicted octanol–water partition coefficient (Wildman–Crippen LogP) is 2.90. The molecule has 0 fully saturated rings. The quantitative estimate of drug-likeness (QED) is 0.942. The molecule has 2 aromatic heterocycles. The van der Waals surface area contributed by atoms with Crippen LogP contribution in [-0.4, -0.2) is 21.8 Å². The van der Waals surface area contributed by atoms with E-state index in [1.165, 1.54) is 5.56 Å². The summed E-state index contributed by atoms with van der Waals surface area (Å²) in [5.41, 5.74) is 5.21. The first-order chi connectivity index (χ1) is 9.43. The molecule has 0 amide bonds. The van der Waals surface area contributed by atoms with E-state index in [4.69, 9.17) is 11.6 Å². The van der Waals surface area contributed by atoms with E-state index in [1.807, 2.05) is 45.6 Å². The van der Waals surface area contributed by atoms with Crippen LogP contribution in [0.5, 0.6) is 0 Å². The molecule has 2 rings (SSSR count). The van der Waals surface area contributed by atoms with Crippen LogP contribution in [0, 0.1) is 20.8 Å². The van der Waals surface area contributed by atoms with Crippen LogP contribution in [0.3, 0.4) is 0 Å². The highest BCUT2D eigenvalue weighted by Gasteiger charge is 2.19. The van der Waals surface area contributed by atoms with Crippen molar-refractivity contribution in [1.82, 2.24) is 20.1 Å². The number of aryl methyl sites for hydroxylation is 4. The third kappa shape index (κ3) is 2.86. The summed E-state index contributed by atoms with van der Waals surface area (Å²) >= 11 is 6.34. The number of halogens is 1. The zero-order chi connectivity index (χ0) is 14.9. The van der Waals surface area contributed by atoms with Gasteiger partial charge in [0.25, 0.3) is 0 Å². The normalized spacial score (nSPS) is 12.7. The zero-order valence-electron chi connectivity index (χ0n) is 12.7. The summed E-state index contributed by atoms with van der Waals surface area (Å²) in [5.74, 6) is 0. The molecular weight excluding hydrogens is 272 g/mol. The summed E-state index contributed by atoms with van der Waals surface area (Å²) < 4.78 is 1.86. The largest absolute Gasteiger partial charge is 0.313 e. The van der Waals surface area contributed by atoms with Crippen LogP contribution in [0.25, 0.3) is 0 Å². The maximum absolute atomic E-state index is 6.34. The summed E-state index contributed by atoms with van der Waals surface area (Å²) in [6.07, 6.45) is 0.790. The molecule has 0 aliphatic rings. The lowest BCUT2D eigenvalue weighted by atomic mass is 10.00.